The number of aliphatic hydroxyl groups excluding tert-OH is 1. The number of carbonyl (C=O) groups is 1. The van der Waals surface area contributed by atoms with Crippen LogP contribution in [-0.2, 0) is 0 Å². The van der Waals surface area contributed by atoms with E-state index in [2.05, 4.69) is 0 Å². The summed E-state index contributed by atoms with van der Waals surface area (Å²) in [6.07, 6.45) is 2.00. The van der Waals surface area contributed by atoms with Crippen LogP contribution in [0.3, 0.4) is 0 Å². The van der Waals surface area contributed by atoms with Gasteiger partial charge in [-0.25, -0.2) is 0 Å². The first-order valence-electron chi connectivity index (χ1n) is 5.39. The number of thioether (sulfide) groups is 1. The van der Waals surface area contributed by atoms with Gasteiger partial charge in [0.1, 0.15) is 0 Å². The molecule has 3 heteroatoms. The quantitative estimate of drug-likeness (QED) is 0.633. The highest BCUT2D eigenvalue weighted by atomic mass is 32.2. The van der Waals surface area contributed by atoms with Crippen molar-refractivity contribution in [3.8, 4) is 0 Å². The molecule has 1 atom stereocenters. The second-order valence-corrected chi connectivity index (χ2v) is 5.01. The van der Waals surface area contributed by atoms with Crippen molar-refractivity contribution in [3.63, 3.8) is 0 Å². The summed E-state index contributed by atoms with van der Waals surface area (Å²) in [4.78, 5) is 13.2. The van der Waals surface area contributed by atoms with Crippen molar-refractivity contribution in [2.75, 3.05) is 12.9 Å². The molecule has 0 saturated heterocycles. The summed E-state index contributed by atoms with van der Waals surface area (Å²) in [6.45, 7) is 3.82. The van der Waals surface area contributed by atoms with E-state index in [9.17, 15) is 9.90 Å². The van der Waals surface area contributed by atoms with Crippen molar-refractivity contribution in [3.05, 3.63) is 29.8 Å². The third-order valence-corrected chi connectivity index (χ3v) is 3.46. The molecule has 2 nitrogen and oxygen atoms in total. The van der Waals surface area contributed by atoms with Crippen LogP contribution in [0.15, 0.2) is 29.2 Å². The predicted octanol–water partition coefficient (Wildman–Crippen LogP) is 2.86. The average Bonchev–Trinajstić information content (AvgIpc) is 2.29. The van der Waals surface area contributed by atoms with Crippen LogP contribution >= 0.6 is 11.8 Å². The van der Waals surface area contributed by atoms with E-state index in [1.165, 1.54) is 0 Å². The minimum absolute atomic E-state index is 0.0325. The number of rotatable bonds is 5. The zero-order chi connectivity index (χ0) is 12.1. The average molecular weight is 238 g/mol. The van der Waals surface area contributed by atoms with Gasteiger partial charge < -0.3 is 5.11 Å². The van der Waals surface area contributed by atoms with Crippen LogP contribution in [0.1, 0.15) is 24.2 Å². The van der Waals surface area contributed by atoms with Crippen molar-refractivity contribution < 1.29 is 9.90 Å². The molecule has 1 aromatic rings. The van der Waals surface area contributed by atoms with E-state index < -0.39 is 0 Å². The van der Waals surface area contributed by atoms with Gasteiger partial charge in [0, 0.05) is 16.4 Å². The number of Topliss-reactive ketones (excluding diaryl/α,β-unsaturated/α-hetero) is 1. The van der Waals surface area contributed by atoms with E-state index in [-0.39, 0.29) is 24.2 Å². The van der Waals surface area contributed by atoms with Gasteiger partial charge in [-0.05, 0) is 24.3 Å². The maximum absolute atomic E-state index is 12.1. The molecule has 0 aliphatic heterocycles. The summed E-state index contributed by atoms with van der Waals surface area (Å²) in [5.41, 5.74) is 0.686. The Labute approximate surface area is 101 Å². The molecule has 16 heavy (non-hydrogen) atoms. The molecule has 0 heterocycles. The normalized spacial score (nSPS) is 12.8. The fourth-order valence-electron chi connectivity index (χ4n) is 1.57. The Bertz CT molecular complexity index is 343. The lowest BCUT2D eigenvalue weighted by Gasteiger charge is -2.16. The number of hydrogen-bond acceptors (Lipinski definition) is 3. The van der Waals surface area contributed by atoms with Crippen LogP contribution in [0.4, 0.5) is 0 Å². The summed E-state index contributed by atoms with van der Waals surface area (Å²) in [5, 5.41) is 9.20. The Morgan fingerprint density at radius 1 is 1.31 bits per heavy atom. The third-order valence-electron chi connectivity index (χ3n) is 2.71. The molecular formula is C13H18O2S. The molecule has 0 fully saturated rings. The van der Waals surface area contributed by atoms with Gasteiger partial charge in [-0.1, -0.05) is 26.0 Å². The fourth-order valence-corrected chi connectivity index (χ4v) is 1.97. The highest BCUT2D eigenvalue weighted by molar-refractivity contribution is 7.98. The zero-order valence-electron chi connectivity index (χ0n) is 9.93. The second-order valence-electron chi connectivity index (χ2n) is 4.13. The third kappa shape index (κ3) is 3.09. The topological polar surface area (TPSA) is 37.3 Å². The van der Waals surface area contributed by atoms with Crippen molar-refractivity contribution >= 4 is 17.5 Å². The lowest BCUT2D eigenvalue weighted by molar-refractivity contribution is 0.0806. The zero-order valence-corrected chi connectivity index (χ0v) is 10.8. The first-order valence-corrected chi connectivity index (χ1v) is 6.61. The van der Waals surface area contributed by atoms with Gasteiger partial charge in [0.15, 0.2) is 5.78 Å². The molecule has 0 aliphatic carbocycles. The molecule has 1 N–H and O–H groups in total. The molecule has 1 rings (SSSR count). The highest BCUT2D eigenvalue weighted by Gasteiger charge is 2.22. The standard InChI is InChI=1S/C13H18O2S/c1-9(2)12(8-14)13(15)10-4-6-11(16-3)7-5-10/h4-7,9,12,14H,8H2,1-3H3. The number of aliphatic hydroxyl groups is 1. The minimum atomic E-state index is -0.292. The van der Waals surface area contributed by atoms with Crippen LogP contribution in [0.5, 0.6) is 0 Å². The smallest absolute Gasteiger partial charge is 0.168 e. The van der Waals surface area contributed by atoms with Crippen molar-refractivity contribution in [2.24, 2.45) is 11.8 Å². The summed E-state index contributed by atoms with van der Waals surface area (Å²) < 4.78 is 0. The molecular weight excluding hydrogens is 220 g/mol. The Morgan fingerprint density at radius 2 is 1.88 bits per heavy atom. The SMILES string of the molecule is CSc1ccc(C(=O)C(CO)C(C)C)cc1. The predicted molar refractivity (Wildman–Crippen MR) is 68.0 cm³/mol. The number of carbonyl (C=O) groups excluding carboxylic acids is 1. The largest absolute Gasteiger partial charge is 0.396 e. The van der Waals surface area contributed by atoms with E-state index in [1.54, 1.807) is 11.8 Å². The first-order chi connectivity index (χ1) is 7.60. The van der Waals surface area contributed by atoms with Gasteiger partial charge in [-0.15, -0.1) is 11.8 Å². The molecule has 0 radical (unpaired) electrons. The van der Waals surface area contributed by atoms with Gasteiger partial charge in [-0.2, -0.15) is 0 Å². The van der Waals surface area contributed by atoms with E-state index in [0.717, 1.165) is 4.90 Å². The molecule has 0 aromatic heterocycles. The summed E-state index contributed by atoms with van der Waals surface area (Å²) in [7, 11) is 0. The Morgan fingerprint density at radius 3 is 2.25 bits per heavy atom. The maximum Gasteiger partial charge on any atom is 0.168 e. The summed E-state index contributed by atoms with van der Waals surface area (Å²) in [5.74, 6) is -0.0944. The first kappa shape index (κ1) is 13.3. The van der Waals surface area contributed by atoms with Crippen LogP contribution in [0, 0.1) is 11.8 Å². The molecule has 88 valence electrons. The Balaban J connectivity index is 2.86. The van der Waals surface area contributed by atoms with Crippen LogP contribution < -0.4 is 0 Å². The van der Waals surface area contributed by atoms with E-state index in [4.69, 9.17) is 0 Å². The van der Waals surface area contributed by atoms with E-state index >= 15 is 0 Å². The van der Waals surface area contributed by atoms with E-state index in [1.807, 2.05) is 44.4 Å². The molecule has 0 saturated carbocycles. The van der Waals surface area contributed by atoms with Gasteiger partial charge in [0.25, 0.3) is 0 Å². The molecule has 1 unspecified atom stereocenters. The second kappa shape index (κ2) is 6.06. The van der Waals surface area contributed by atoms with Crippen molar-refractivity contribution in [1.29, 1.82) is 0 Å². The highest BCUT2D eigenvalue weighted by Crippen LogP contribution is 2.20. The van der Waals surface area contributed by atoms with Crippen molar-refractivity contribution in [1.82, 2.24) is 0 Å². The van der Waals surface area contributed by atoms with Crippen LogP contribution in [-0.4, -0.2) is 23.8 Å². The summed E-state index contributed by atoms with van der Waals surface area (Å²) >= 11 is 1.65. The van der Waals surface area contributed by atoms with Gasteiger partial charge in [-0.3, -0.25) is 4.79 Å². The van der Waals surface area contributed by atoms with Crippen molar-refractivity contribution in [2.45, 2.75) is 18.7 Å². The van der Waals surface area contributed by atoms with Gasteiger partial charge in [0.05, 0.1) is 6.61 Å². The molecule has 1 aromatic carbocycles. The summed E-state index contributed by atoms with van der Waals surface area (Å²) in [6, 6.07) is 7.54. The minimum Gasteiger partial charge on any atom is -0.396 e. The lowest BCUT2D eigenvalue weighted by Crippen LogP contribution is -2.24. The number of ketones is 1. The Kier molecular flexibility index (Phi) is 5.03. The van der Waals surface area contributed by atoms with Crippen LogP contribution in [0.2, 0.25) is 0 Å². The molecule has 0 amide bonds. The van der Waals surface area contributed by atoms with Gasteiger partial charge in [0.2, 0.25) is 0 Å². The fraction of sp³-hybridized carbons (Fsp3) is 0.462. The maximum atomic E-state index is 12.1. The van der Waals surface area contributed by atoms with E-state index in [0.29, 0.717) is 5.56 Å². The number of benzene rings is 1. The number of hydrogen-bond donors (Lipinski definition) is 1. The molecule has 0 spiro atoms. The lowest BCUT2D eigenvalue weighted by atomic mass is 9.89. The van der Waals surface area contributed by atoms with Crippen LogP contribution in [0.25, 0.3) is 0 Å². The Hall–Kier alpha value is -0.800. The molecule has 0 bridgehead atoms. The monoisotopic (exact) mass is 238 g/mol. The van der Waals surface area contributed by atoms with Gasteiger partial charge >= 0.3 is 0 Å². The molecule has 0 aliphatic rings.